The van der Waals surface area contributed by atoms with E-state index in [0.717, 1.165) is 11.3 Å². The molecule has 0 unspecified atom stereocenters. The maximum atomic E-state index is 11.5. The number of carbonyl (C=O) groups excluding carboxylic acids is 1. The molecule has 1 amide bonds. The molecule has 0 fully saturated rings. The van der Waals surface area contributed by atoms with Gasteiger partial charge in [-0.1, -0.05) is 26.0 Å². The molecule has 0 heterocycles. The van der Waals surface area contributed by atoms with Gasteiger partial charge in [0.25, 0.3) is 5.91 Å². The third-order valence-corrected chi connectivity index (χ3v) is 2.80. The van der Waals surface area contributed by atoms with Gasteiger partial charge in [0.2, 0.25) is 0 Å². The van der Waals surface area contributed by atoms with Crippen LogP contribution in [0, 0.1) is 18.3 Å². The van der Waals surface area contributed by atoms with E-state index < -0.39 is 0 Å². The van der Waals surface area contributed by atoms with Crippen molar-refractivity contribution in [3.05, 3.63) is 29.3 Å². The Morgan fingerprint density at radius 2 is 2.21 bits per heavy atom. The summed E-state index contributed by atoms with van der Waals surface area (Å²) in [6.07, 6.45) is 0.313. The summed E-state index contributed by atoms with van der Waals surface area (Å²) in [5.41, 5.74) is 2.19. The first kappa shape index (κ1) is 15.0. The number of rotatable bonds is 6. The normalized spacial score (nSPS) is 10.1. The minimum Gasteiger partial charge on any atom is -0.483 e. The summed E-state index contributed by atoms with van der Waals surface area (Å²) in [5, 5.41) is 11.0. The maximum absolute atomic E-state index is 11.5. The zero-order valence-corrected chi connectivity index (χ0v) is 11.7. The number of aryl methyl sites for hydroxylation is 1. The molecule has 4 heteroatoms. The van der Waals surface area contributed by atoms with E-state index in [1.165, 1.54) is 5.56 Å². The van der Waals surface area contributed by atoms with Crippen molar-refractivity contribution < 1.29 is 9.53 Å². The second kappa shape index (κ2) is 7.42. The summed E-state index contributed by atoms with van der Waals surface area (Å²) in [7, 11) is 0. The molecule has 1 aromatic carbocycles. The average molecular weight is 260 g/mol. The third kappa shape index (κ3) is 5.01. The van der Waals surface area contributed by atoms with Gasteiger partial charge >= 0.3 is 0 Å². The van der Waals surface area contributed by atoms with Crippen LogP contribution in [0.4, 0.5) is 0 Å². The number of benzene rings is 1. The van der Waals surface area contributed by atoms with Crippen LogP contribution < -0.4 is 10.1 Å². The number of amides is 1. The molecule has 102 valence electrons. The molecule has 0 aliphatic carbocycles. The molecule has 1 rings (SSSR count). The second-order valence-electron chi connectivity index (χ2n) is 4.73. The number of nitrogens with zero attached hydrogens (tertiary/aromatic N) is 1. The number of hydrogen-bond donors (Lipinski definition) is 1. The monoisotopic (exact) mass is 260 g/mol. The van der Waals surface area contributed by atoms with Crippen molar-refractivity contribution in [3.63, 3.8) is 0 Å². The number of nitrogens with one attached hydrogen (secondary N) is 1. The van der Waals surface area contributed by atoms with Crippen LogP contribution in [-0.4, -0.2) is 19.1 Å². The number of hydrogen-bond acceptors (Lipinski definition) is 3. The first-order chi connectivity index (χ1) is 9.04. The molecule has 0 aromatic heterocycles. The van der Waals surface area contributed by atoms with Crippen LogP contribution in [0.15, 0.2) is 18.2 Å². The van der Waals surface area contributed by atoms with Gasteiger partial charge in [-0.05, 0) is 30.0 Å². The molecule has 19 heavy (non-hydrogen) atoms. The SMILES string of the molecule is Cc1ccc(C(C)C)cc1OCC(=O)NCCC#N. The van der Waals surface area contributed by atoms with Crippen LogP contribution in [0.5, 0.6) is 5.75 Å². The summed E-state index contributed by atoms with van der Waals surface area (Å²) in [5.74, 6) is 0.957. The van der Waals surface area contributed by atoms with Crippen LogP contribution in [0.1, 0.15) is 37.3 Å². The Kier molecular flexibility index (Phi) is 5.87. The molecule has 1 aromatic rings. The molecular formula is C15H20N2O2. The van der Waals surface area contributed by atoms with Crippen LogP contribution >= 0.6 is 0 Å². The number of ether oxygens (including phenoxy) is 1. The Hall–Kier alpha value is -2.02. The molecule has 0 spiro atoms. The van der Waals surface area contributed by atoms with E-state index in [2.05, 4.69) is 25.2 Å². The molecule has 0 saturated heterocycles. The fourth-order valence-corrected chi connectivity index (χ4v) is 1.58. The minimum atomic E-state index is -0.204. The topological polar surface area (TPSA) is 62.1 Å². The summed E-state index contributed by atoms with van der Waals surface area (Å²) in [4.78, 5) is 11.5. The van der Waals surface area contributed by atoms with E-state index in [-0.39, 0.29) is 12.5 Å². The zero-order chi connectivity index (χ0) is 14.3. The predicted molar refractivity (Wildman–Crippen MR) is 74.0 cm³/mol. The Bertz CT molecular complexity index is 476. The van der Waals surface area contributed by atoms with E-state index in [0.29, 0.717) is 18.9 Å². The maximum Gasteiger partial charge on any atom is 0.257 e. The lowest BCUT2D eigenvalue weighted by Gasteiger charge is -2.12. The summed E-state index contributed by atoms with van der Waals surface area (Å²) in [6.45, 7) is 6.52. The van der Waals surface area contributed by atoms with Gasteiger partial charge < -0.3 is 10.1 Å². The molecule has 0 atom stereocenters. The molecule has 0 bridgehead atoms. The molecule has 0 aliphatic rings. The highest BCUT2D eigenvalue weighted by atomic mass is 16.5. The number of nitriles is 1. The lowest BCUT2D eigenvalue weighted by molar-refractivity contribution is -0.123. The number of carbonyl (C=O) groups is 1. The van der Waals surface area contributed by atoms with E-state index in [9.17, 15) is 4.79 Å². The Morgan fingerprint density at radius 1 is 1.47 bits per heavy atom. The van der Waals surface area contributed by atoms with E-state index in [4.69, 9.17) is 10.00 Å². The van der Waals surface area contributed by atoms with Gasteiger partial charge in [0, 0.05) is 6.54 Å². The van der Waals surface area contributed by atoms with Crippen molar-refractivity contribution in [2.24, 2.45) is 0 Å². The highest BCUT2D eigenvalue weighted by Crippen LogP contribution is 2.24. The predicted octanol–water partition coefficient (Wildman–Crippen LogP) is 2.53. The smallest absolute Gasteiger partial charge is 0.257 e. The Morgan fingerprint density at radius 3 is 2.84 bits per heavy atom. The fourth-order valence-electron chi connectivity index (χ4n) is 1.58. The minimum absolute atomic E-state index is 0.0200. The quantitative estimate of drug-likeness (QED) is 0.799. The highest BCUT2D eigenvalue weighted by molar-refractivity contribution is 5.77. The van der Waals surface area contributed by atoms with Crippen molar-refractivity contribution in [2.45, 2.75) is 33.1 Å². The lowest BCUT2D eigenvalue weighted by atomic mass is 10.0. The largest absolute Gasteiger partial charge is 0.483 e. The lowest BCUT2D eigenvalue weighted by Crippen LogP contribution is -2.29. The van der Waals surface area contributed by atoms with Crippen molar-refractivity contribution in [2.75, 3.05) is 13.2 Å². The summed E-state index contributed by atoms with van der Waals surface area (Å²) >= 11 is 0. The molecule has 0 radical (unpaired) electrons. The second-order valence-corrected chi connectivity index (χ2v) is 4.73. The Balaban J connectivity index is 2.55. The van der Waals surface area contributed by atoms with Crippen molar-refractivity contribution in [1.82, 2.24) is 5.32 Å². The van der Waals surface area contributed by atoms with Crippen LogP contribution in [0.25, 0.3) is 0 Å². The van der Waals surface area contributed by atoms with Crippen LogP contribution in [0.2, 0.25) is 0 Å². The fraction of sp³-hybridized carbons (Fsp3) is 0.467. The highest BCUT2D eigenvalue weighted by Gasteiger charge is 2.07. The molecule has 1 N–H and O–H groups in total. The summed E-state index contributed by atoms with van der Waals surface area (Å²) < 4.78 is 5.53. The van der Waals surface area contributed by atoms with Gasteiger partial charge in [0.15, 0.2) is 6.61 Å². The van der Waals surface area contributed by atoms with E-state index in [1.54, 1.807) is 0 Å². The average Bonchev–Trinajstić information content (AvgIpc) is 2.37. The van der Waals surface area contributed by atoms with Crippen LogP contribution in [0.3, 0.4) is 0 Å². The first-order valence-electron chi connectivity index (χ1n) is 6.41. The van der Waals surface area contributed by atoms with E-state index in [1.807, 2.05) is 25.1 Å². The molecular weight excluding hydrogens is 240 g/mol. The van der Waals surface area contributed by atoms with Gasteiger partial charge in [-0.15, -0.1) is 0 Å². The van der Waals surface area contributed by atoms with Crippen LogP contribution in [-0.2, 0) is 4.79 Å². The van der Waals surface area contributed by atoms with Gasteiger partial charge in [-0.25, -0.2) is 0 Å². The van der Waals surface area contributed by atoms with Gasteiger partial charge in [0.05, 0.1) is 12.5 Å². The van der Waals surface area contributed by atoms with Crippen molar-refractivity contribution in [1.29, 1.82) is 5.26 Å². The van der Waals surface area contributed by atoms with Gasteiger partial charge in [-0.3, -0.25) is 4.79 Å². The molecule has 0 saturated carbocycles. The molecule has 0 aliphatic heterocycles. The Labute approximate surface area is 114 Å². The van der Waals surface area contributed by atoms with Crippen molar-refractivity contribution in [3.8, 4) is 11.8 Å². The van der Waals surface area contributed by atoms with Crippen molar-refractivity contribution >= 4 is 5.91 Å². The summed E-state index contributed by atoms with van der Waals surface area (Å²) in [6, 6.07) is 8.01. The third-order valence-electron chi connectivity index (χ3n) is 2.80. The van der Waals surface area contributed by atoms with E-state index >= 15 is 0 Å². The zero-order valence-electron chi connectivity index (χ0n) is 11.7. The molecule has 4 nitrogen and oxygen atoms in total. The standard InChI is InChI=1S/C15H20N2O2/c1-11(2)13-6-5-12(3)14(9-13)19-10-15(18)17-8-4-7-16/h5-6,9,11H,4,8,10H2,1-3H3,(H,17,18). The first-order valence-corrected chi connectivity index (χ1v) is 6.41. The van der Waals surface area contributed by atoms with Gasteiger partial charge in [0.1, 0.15) is 5.75 Å². The van der Waals surface area contributed by atoms with Gasteiger partial charge in [-0.2, -0.15) is 5.26 Å².